The van der Waals surface area contributed by atoms with Gasteiger partial charge in [-0.3, -0.25) is 9.59 Å². The molecule has 0 aliphatic rings. The SMILES string of the molecule is C[C@@H](OC(=O)CCNS(=O)(=O)c1cccs1)C(=O)Nc1cccc(C#N)c1. The van der Waals surface area contributed by atoms with Gasteiger partial charge in [0.2, 0.25) is 10.0 Å². The highest BCUT2D eigenvalue weighted by Crippen LogP contribution is 2.15. The zero-order valence-electron chi connectivity index (χ0n) is 14.3. The number of anilines is 1. The van der Waals surface area contributed by atoms with E-state index in [9.17, 15) is 18.0 Å². The fourth-order valence-corrected chi connectivity index (χ4v) is 4.06. The number of nitrogens with one attached hydrogen (secondary N) is 2. The normalized spacial score (nSPS) is 12.0. The second-order valence-electron chi connectivity index (χ2n) is 5.39. The molecule has 1 aromatic heterocycles. The number of carbonyl (C=O) groups excluding carboxylic acids is 2. The molecular weight excluding hydrogens is 390 g/mol. The van der Waals surface area contributed by atoms with Crippen LogP contribution in [0.1, 0.15) is 18.9 Å². The summed E-state index contributed by atoms with van der Waals surface area (Å²) in [7, 11) is -3.65. The number of hydrogen-bond donors (Lipinski definition) is 2. The Hall–Kier alpha value is -2.74. The van der Waals surface area contributed by atoms with Gasteiger partial charge in [0.25, 0.3) is 5.91 Å². The molecule has 2 rings (SSSR count). The molecule has 142 valence electrons. The molecule has 1 heterocycles. The first-order chi connectivity index (χ1) is 12.8. The van der Waals surface area contributed by atoms with Crippen molar-refractivity contribution in [1.29, 1.82) is 5.26 Å². The number of benzene rings is 1. The third-order valence-corrected chi connectivity index (χ3v) is 6.18. The van der Waals surface area contributed by atoms with Gasteiger partial charge in [-0.2, -0.15) is 5.26 Å². The molecule has 0 radical (unpaired) electrons. The second-order valence-corrected chi connectivity index (χ2v) is 8.34. The maximum atomic E-state index is 12.1. The second kappa shape index (κ2) is 9.27. The molecule has 0 aliphatic heterocycles. The van der Waals surface area contributed by atoms with E-state index in [2.05, 4.69) is 10.0 Å². The molecule has 0 aliphatic carbocycles. The van der Waals surface area contributed by atoms with Gasteiger partial charge in [-0.25, -0.2) is 13.1 Å². The quantitative estimate of drug-likeness (QED) is 0.644. The smallest absolute Gasteiger partial charge is 0.307 e. The van der Waals surface area contributed by atoms with E-state index in [-0.39, 0.29) is 17.2 Å². The van der Waals surface area contributed by atoms with E-state index in [1.54, 1.807) is 29.6 Å². The van der Waals surface area contributed by atoms with Crippen molar-refractivity contribution in [3.8, 4) is 6.07 Å². The first-order valence-corrected chi connectivity index (χ1v) is 10.2. The van der Waals surface area contributed by atoms with E-state index < -0.39 is 28.0 Å². The number of rotatable bonds is 8. The predicted molar refractivity (Wildman–Crippen MR) is 99.5 cm³/mol. The number of nitriles is 1. The Bertz CT molecular complexity index is 949. The molecule has 1 aromatic carbocycles. The van der Waals surface area contributed by atoms with E-state index in [4.69, 9.17) is 10.00 Å². The van der Waals surface area contributed by atoms with Crippen LogP contribution < -0.4 is 10.0 Å². The molecule has 0 saturated carbocycles. The number of esters is 1. The van der Waals surface area contributed by atoms with Crippen LogP contribution in [-0.2, 0) is 24.3 Å². The lowest BCUT2D eigenvalue weighted by atomic mass is 10.2. The minimum Gasteiger partial charge on any atom is -0.452 e. The fraction of sp³-hybridized carbons (Fsp3) is 0.235. The summed E-state index contributed by atoms with van der Waals surface area (Å²) in [5.41, 5.74) is 0.793. The third kappa shape index (κ3) is 6.18. The van der Waals surface area contributed by atoms with Crippen LogP contribution in [0.15, 0.2) is 46.0 Å². The summed E-state index contributed by atoms with van der Waals surface area (Å²) >= 11 is 1.07. The molecule has 0 unspecified atom stereocenters. The Kier molecular flexibility index (Phi) is 7.06. The minimum absolute atomic E-state index is 0.141. The average Bonchev–Trinajstić information content (AvgIpc) is 3.17. The van der Waals surface area contributed by atoms with Crippen LogP contribution in [0.25, 0.3) is 0 Å². The zero-order valence-corrected chi connectivity index (χ0v) is 16.0. The van der Waals surface area contributed by atoms with Crippen molar-refractivity contribution in [3.05, 3.63) is 47.3 Å². The van der Waals surface area contributed by atoms with Crippen LogP contribution >= 0.6 is 11.3 Å². The van der Waals surface area contributed by atoms with Crippen LogP contribution in [0.3, 0.4) is 0 Å². The lowest BCUT2D eigenvalue weighted by Crippen LogP contribution is -2.32. The molecule has 2 N–H and O–H groups in total. The van der Waals surface area contributed by atoms with E-state index in [0.717, 1.165) is 11.3 Å². The molecular formula is C17H17N3O5S2. The van der Waals surface area contributed by atoms with Gasteiger partial charge in [-0.1, -0.05) is 12.1 Å². The van der Waals surface area contributed by atoms with Gasteiger partial charge in [0, 0.05) is 12.2 Å². The Morgan fingerprint density at radius 3 is 2.74 bits per heavy atom. The van der Waals surface area contributed by atoms with Crippen molar-refractivity contribution < 1.29 is 22.7 Å². The van der Waals surface area contributed by atoms with Crippen molar-refractivity contribution in [2.24, 2.45) is 0 Å². The number of sulfonamides is 1. The summed E-state index contributed by atoms with van der Waals surface area (Å²) in [5, 5.41) is 13.0. The van der Waals surface area contributed by atoms with Crippen molar-refractivity contribution in [1.82, 2.24) is 4.72 Å². The van der Waals surface area contributed by atoms with Gasteiger partial charge in [0.15, 0.2) is 6.10 Å². The summed E-state index contributed by atoms with van der Waals surface area (Å²) in [4.78, 5) is 23.9. The maximum Gasteiger partial charge on any atom is 0.307 e. The highest BCUT2D eigenvalue weighted by Gasteiger charge is 2.19. The molecule has 2 aromatic rings. The summed E-state index contributed by atoms with van der Waals surface area (Å²) in [6.45, 7) is 1.26. The number of thiophene rings is 1. The largest absolute Gasteiger partial charge is 0.452 e. The minimum atomic E-state index is -3.65. The van der Waals surface area contributed by atoms with Crippen molar-refractivity contribution in [2.45, 2.75) is 23.7 Å². The summed E-state index contributed by atoms with van der Waals surface area (Å²) in [5.74, 6) is -1.27. The predicted octanol–water partition coefficient (Wildman–Crippen LogP) is 1.86. The number of ether oxygens (including phenoxy) is 1. The molecule has 10 heteroatoms. The third-order valence-electron chi connectivity index (χ3n) is 3.32. The summed E-state index contributed by atoms with van der Waals surface area (Å²) in [6, 6.07) is 11.3. The van der Waals surface area contributed by atoms with Gasteiger partial charge >= 0.3 is 5.97 Å². The number of nitrogens with zero attached hydrogens (tertiary/aromatic N) is 1. The van der Waals surface area contributed by atoms with Crippen LogP contribution in [0.5, 0.6) is 0 Å². The van der Waals surface area contributed by atoms with Crippen LogP contribution in [0.2, 0.25) is 0 Å². The number of carbonyl (C=O) groups is 2. The average molecular weight is 407 g/mol. The van der Waals surface area contributed by atoms with Gasteiger partial charge in [0.05, 0.1) is 18.1 Å². The van der Waals surface area contributed by atoms with Crippen LogP contribution in [0.4, 0.5) is 5.69 Å². The highest BCUT2D eigenvalue weighted by atomic mass is 32.2. The molecule has 8 nitrogen and oxygen atoms in total. The Morgan fingerprint density at radius 1 is 1.30 bits per heavy atom. The summed E-state index contributed by atoms with van der Waals surface area (Å²) < 4.78 is 31.3. The lowest BCUT2D eigenvalue weighted by molar-refractivity contribution is -0.152. The maximum absolute atomic E-state index is 12.1. The van der Waals surface area contributed by atoms with Crippen LogP contribution in [-0.4, -0.2) is 32.9 Å². The molecule has 0 bridgehead atoms. The standard InChI is InChI=1S/C17H17N3O5S2/c1-12(17(22)20-14-5-2-4-13(10-14)11-18)25-15(21)7-8-19-27(23,24)16-6-3-9-26-16/h2-6,9-10,12,19H,7-8H2,1H3,(H,20,22)/t12-/m1/s1. The van der Waals surface area contributed by atoms with E-state index in [1.165, 1.54) is 19.1 Å². The molecule has 1 atom stereocenters. The molecule has 27 heavy (non-hydrogen) atoms. The Labute approximate surface area is 160 Å². The number of amides is 1. The van der Waals surface area contributed by atoms with E-state index >= 15 is 0 Å². The molecule has 1 amide bonds. The Morgan fingerprint density at radius 2 is 2.07 bits per heavy atom. The van der Waals surface area contributed by atoms with Gasteiger partial charge in [-0.15, -0.1) is 11.3 Å². The highest BCUT2D eigenvalue weighted by molar-refractivity contribution is 7.91. The van der Waals surface area contributed by atoms with E-state index in [1.807, 2.05) is 6.07 Å². The molecule has 0 saturated heterocycles. The zero-order chi connectivity index (χ0) is 19.9. The van der Waals surface area contributed by atoms with Crippen molar-refractivity contribution in [2.75, 3.05) is 11.9 Å². The Balaban J connectivity index is 1.79. The molecule has 0 fully saturated rings. The van der Waals surface area contributed by atoms with Crippen molar-refractivity contribution >= 4 is 38.9 Å². The van der Waals surface area contributed by atoms with Gasteiger partial charge < -0.3 is 10.1 Å². The van der Waals surface area contributed by atoms with Gasteiger partial charge in [0.1, 0.15) is 4.21 Å². The first-order valence-electron chi connectivity index (χ1n) is 7.85. The lowest BCUT2D eigenvalue weighted by Gasteiger charge is -2.13. The monoisotopic (exact) mass is 407 g/mol. The number of hydrogen-bond acceptors (Lipinski definition) is 7. The van der Waals surface area contributed by atoms with E-state index in [0.29, 0.717) is 11.3 Å². The fourth-order valence-electron chi connectivity index (χ4n) is 1.99. The van der Waals surface area contributed by atoms with Gasteiger partial charge in [-0.05, 0) is 36.6 Å². The van der Waals surface area contributed by atoms with Crippen LogP contribution in [0, 0.1) is 11.3 Å². The first kappa shape index (κ1) is 20.6. The molecule has 0 spiro atoms. The summed E-state index contributed by atoms with van der Waals surface area (Å²) in [6.07, 6.45) is -1.29. The topological polar surface area (TPSA) is 125 Å². The van der Waals surface area contributed by atoms with Crippen molar-refractivity contribution in [3.63, 3.8) is 0 Å².